The van der Waals surface area contributed by atoms with Crippen LogP contribution in [0.25, 0.3) is 10.8 Å². The van der Waals surface area contributed by atoms with Gasteiger partial charge in [-0.25, -0.2) is 4.90 Å². The summed E-state index contributed by atoms with van der Waals surface area (Å²) in [7, 11) is 0. The van der Waals surface area contributed by atoms with Crippen molar-refractivity contribution in [3.63, 3.8) is 0 Å². The van der Waals surface area contributed by atoms with Gasteiger partial charge in [-0.05, 0) is 35.7 Å². The molecule has 2 aliphatic rings. The van der Waals surface area contributed by atoms with Crippen LogP contribution >= 0.6 is 0 Å². The maximum absolute atomic E-state index is 12.8. The van der Waals surface area contributed by atoms with E-state index in [-0.39, 0.29) is 24.3 Å². The minimum Gasteiger partial charge on any atom is -0.303 e. The fourth-order valence-electron chi connectivity index (χ4n) is 3.90. The standard InChI is InChI=1S/C20H22N2O2/c23-19-13-18(21-16-8-2-1-3-9-16)20(24)22(19)17-11-10-14-6-4-5-7-15(14)12-17/h4-7,10-12,16,18,21H,1-3,8-9,13H2/t18-/m1/s1. The molecule has 4 heteroatoms. The molecule has 1 saturated heterocycles. The lowest BCUT2D eigenvalue weighted by atomic mass is 9.95. The maximum atomic E-state index is 12.8. The molecule has 4 nitrogen and oxygen atoms in total. The van der Waals surface area contributed by atoms with Crippen molar-refractivity contribution < 1.29 is 9.59 Å². The number of carbonyl (C=O) groups is 2. The van der Waals surface area contributed by atoms with E-state index in [9.17, 15) is 9.59 Å². The summed E-state index contributed by atoms with van der Waals surface area (Å²) in [6.45, 7) is 0. The molecule has 1 N–H and O–H groups in total. The number of fused-ring (bicyclic) bond motifs is 1. The van der Waals surface area contributed by atoms with Gasteiger partial charge in [0.2, 0.25) is 5.91 Å². The van der Waals surface area contributed by atoms with Crippen molar-refractivity contribution in [1.82, 2.24) is 5.32 Å². The van der Waals surface area contributed by atoms with Crippen LogP contribution in [0.4, 0.5) is 5.69 Å². The highest BCUT2D eigenvalue weighted by Gasteiger charge is 2.40. The van der Waals surface area contributed by atoms with Gasteiger partial charge in [0.1, 0.15) is 0 Å². The van der Waals surface area contributed by atoms with Gasteiger partial charge >= 0.3 is 0 Å². The predicted octanol–water partition coefficient (Wildman–Crippen LogP) is 3.39. The van der Waals surface area contributed by atoms with E-state index < -0.39 is 0 Å². The highest BCUT2D eigenvalue weighted by Crippen LogP contribution is 2.28. The van der Waals surface area contributed by atoms with Crippen molar-refractivity contribution in [3.05, 3.63) is 42.5 Å². The first-order chi connectivity index (χ1) is 11.7. The number of nitrogens with zero attached hydrogens (tertiary/aromatic N) is 1. The molecule has 4 rings (SSSR count). The molecule has 1 heterocycles. The number of imide groups is 1. The van der Waals surface area contributed by atoms with Crippen molar-refractivity contribution >= 4 is 28.3 Å². The smallest absolute Gasteiger partial charge is 0.251 e. The highest BCUT2D eigenvalue weighted by molar-refractivity contribution is 6.22. The Labute approximate surface area is 141 Å². The number of anilines is 1. The van der Waals surface area contributed by atoms with Crippen molar-refractivity contribution in [3.8, 4) is 0 Å². The summed E-state index contributed by atoms with van der Waals surface area (Å²) < 4.78 is 0. The number of nitrogens with one attached hydrogen (secondary N) is 1. The van der Waals surface area contributed by atoms with Gasteiger partial charge in [-0.1, -0.05) is 49.6 Å². The molecule has 0 spiro atoms. The number of rotatable bonds is 3. The Kier molecular flexibility index (Phi) is 4.07. The number of hydrogen-bond donors (Lipinski definition) is 1. The van der Waals surface area contributed by atoms with Gasteiger partial charge in [0.05, 0.1) is 18.2 Å². The number of carbonyl (C=O) groups excluding carboxylic acids is 2. The third-order valence-electron chi connectivity index (χ3n) is 5.18. The molecule has 1 saturated carbocycles. The largest absolute Gasteiger partial charge is 0.303 e. The quantitative estimate of drug-likeness (QED) is 0.881. The van der Waals surface area contributed by atoms with Gasteiger partial charge in [-0.2, -0.15) is 0 Å². The molecule has 0 radical (unpaired) electrons. The lowest BCUT2D eigenvalue weighted by Crippen LogP contribution is -2.44. The maximum Gasteiger partial charge on any atom is 0.251 e. The van der Waals surface area contributed by atoms with Gasteiger partial charge in [0.15, 0.2) is 0 Å². The Hall–Kier alpha value is -2.20. The highest BCUT2D eigenvalue weighted by atomic mass is 16.2. The van der Waals surface area contributed by atoms with Gasteiger partial charge in [-0.3, -0.25) is 9.59 Å². The zero-order chi connectivity index (χ0) is 16.5. The first kappa shape index (κ1) is 15.3. The summed E-state index contributed by atoms with van der Waals surface area (Å²) in [5.74, 6) is -0.218. The molecule has 24 heavy (non-hydrogen) atoms. The zero-order valence-electron chi connectivity index (χ0n) is 13.7. The van der Waals surface area contributed by atoms with E-state index in [2.05, 4.69) is 5.32 Å². The molecule has 2 aromatic rings. The second kappa shape index (κ2) is 6.36. The molecule has 0 aromatic heterocycles. The second-order valence-electron chi connectivity index (χ2n) is 6.86. The Morgan fingerprint density at radius 2 is 1.67 bits per heavy atom. The Bertz CT molecular complexity index is 780. The van der Waals surface area contributed by atoms with Gasteiger partial charge < -0.3 is 5.32 Å². The van der Waals surface area contributed by atoms with Crippen molar-refractivity contribution in [2.75, 3.05) is 4.90 Å². The minimum absolute atomic E-state index is 0.108. The lowest BCUT2D eigenvalue weighted by molar-refractivity contribution is -0.121. The van der Waals surface area contributed by atoms with Crippen LogP contribution in [0.15, 0.2) is 42.5 Å². The average Bonchev–Trinajstić information content (AvgIpc) is 2.89. The molecule has 1 aliphatic carbocycles. The minimum atomic E-state index is -0.368. The SMILES string of the molecule is O=C1C[C@@H](NC2CCCCC2)C(=O)N1c1ccc2ccccc2c1. The first-order valence-corrected chi connectivity index (χ1v) is 8.84. The van der Waals surface area contributed by atoms with Gasteiger partial charge in [-0.15, -0.1) is 0 Å². The number of amides is 2. The van der Waals surface area contributed by atoms with Crippen LogP contribution in [-0.4, -0.2) is 23.9 Å². The van der Waals surface area contributed by atoms with Crippen LogP contribution in [0.2, 0.25) is 0 Å². The van der Waals surface area contributed by atoms with Crippen molar-refractivity contribution in [1.29, 1.82) is 0 Å². The van der Waals surface area contributed by atoms with Crippen molar-refractivity contribution in [2.45, 2.75) is 50.6 Å². The molecule has 1 aliphatic heterocycles. The predicted molar refractivity (Wildman–Crippen MR) is 94.9 cm³/mol. The van der Waals surface area contributed by atoms with Crippen LogP contribution < -0.4 is 10.2 Å². The Morgan fingerprint density at radius 1 is 0.917 bits per heavy atom. The normalized spacial score (nSPS) is 22.5. The van der Waals surface area contributed by atoms with E-state index in [1.54, 1.807) is 0 Å². The van der Waals surface area contributed by atoms with Crippen LogP contribution in [0.3, 0.4) is 0 Å². The summed E-state index contributed by atoms with van der Waals surface area (Å²) in [6, 6.07) is 13.7. The van der Waals surface area contributed by atoms with Crippen LogP contribution in [0.1, 0.15) is 38.5 Å². The average molecular weight is 322 g/mol. The molecule has 2 aromatic carbocycles. The van der Waals surface area contributed by atoms with E-state index in [4.69, 9.17) is 0 Å². The molecular weight excluding hydrogens is 300 g/mol. The monoisotopic (exact) mass is 322 g/mol. The molecule has 1 atom stereocenters. The third-order valence-corrected chi connectivity index (χ3v) is 5.18. The molecule has 2 amide bonds. The van der Waals surface area contributed by atoms with E-state index in [0.29, 0.717) is 11.7 Å². The fourth-order valence-corrected chi connectivity index (χ4v) is 3.90. The van der Waals surface area contributed by atoms with Crippen molar-refractivity contribution in [2.24, 2.45) is 0 Å². The summed E-state index contributed by atoms with van der Waals surface area (Å²) >= 11 is 0. The summed E-state index contributed by atoms with van der Waals surface area (Å²) in [6.07, 6.45) is 6.17. The molecule has 0 unspecified atom stereocenters. The van der Waals surface area contributed by atoms with Gasteiger partial charge in [0, 0.05) is 6.04 Å². The number of benzene rings is 2. The molecule has 0 bridgehead atoms. The van der Waals surface area contributed by atoms with Gasteiger partial charge in [0.25, 0.3) is 5.91 Å². The van der Waals surface area contributed by atoms with Crippen LogP contribution in [0.5, 0.6) is 0 Å². The lowest BCUT2D eigenvalue weighted by Gasteiger charge is -2.25. The van der Waals surface area contributed by atoms with E-state index >= 15 is 0 Å². The van der Waals surface area contributed by atoms with Crippen LogP contribution in [0, 0.1) is 0 Å². The Morgan fingerprint density at radius 3 is 2.46 bits per heavy atom. The topological polar surface area (TPSA) is 49.4 Å². The summed E-state index contributed by atoms with van der Waals surface area (Å²) in [5, 5.41) is 5.57. The van der Waals surface area contributed by atoms with E-state index in [0.717, 1.165) is 23.6 Å². The molecular formula is C20H22N2O2. The fraction of sp³-hybridized carbons (Fsp3) is 0.400. The zero-order valence-corrected chi connectivity index (χ0v) is 13.7. The Balaban J connectivity index is 1.55. The third kappa shape index (κ3) is 2.82. The first-order valence-electron chi connectivity index (χ1n) is 8.84. The number of hydrogen-bond acceptors (Lipinski definition) is 3. The summed E-state index contributed by atoms with van der Waals surface area (Å²) in [4.78, 5) is 26.6. The summed E-state index contributed by atoms with van der Waals surface area (Å²) in [5.41, 5.74) is 0.677. The second-order valence-corrected chi connectivity index (χ2v) is 6.86. The van der Waals surface area contributed by atoms with E-state index in [1.807, 2.05) is 42.5 Å². The van der Waals surface area contributed by atoms with Crippen LogP contribution in [-0.2, 0) is 9.59 Å². The molecule has 124 valence electrons. The molecule has 2 fully saturated rings. The van der Waals surface area contributed by atoms with E-state index in [1.165, 1.54) is 24.2 Å².